The number of hydrogen-bond acceptors (Lipinski definition) is 2. The van der Waals surface area contributed by atoms with Crippen molar-refractivity contribution in [2.24, 2.45) is 11.3 Å². The number of nitrogens with one attached hydrogen (secondary N) is 1. The fourth-order valence-electron chi connectivity index (χ4n) is 3.09. The number of hydrogen-bond donors (Lipinski definition) is 1. The van der Waals surface area contributed by atoms with Crippen molar-refractivity contribution in [3.8, 4) is 0 Å². The first-order valence-electron chi connectivity index (χ1n) is 6.97. The molecule has 0 unspecified atom stereocenters. The lowest BCUT2D eigenvalue weighted by atomic mass is 9.78. The molecule has 0 aliphatic heterocycles. The standard InChI is InChI=1S/C14H29NS/c1-4-16-10-9-15-12-14(11-13(2)3)7-5-6-8-14/h13,15H,4-12H2,1-3H3. The lowest BCUT2D eigenvalue weighted by Crippen LogP contribution is -2.34. The molecular weight excluding hydrogens is 214 g/mol. The van der Waals surface area contributed by atoms with Gasteiger partial charge in [-0.05, 0) is 36.3 Å². The molecule has 1 nitrogen and oxygen atoms in total. The van der Waals surface area contributed by atoms with Crippen molar-refractivity contribution < 1.29 is 0 Å². The Balaban J connectivity index is 2.22. The summed E-state index contributed by atoms with van der Waals surface area (Å²) in [6, 6.07) is 0. The van der Waals surface area contributed by atoms with Crippen LogP contribution >= 0.6 is 11.8 Å². The maximum Gasteiger partial charge on any atom is 0.00580 e. The first kappa shape index (κ1) is 14.4. The van der Waals surface area contributed by atoms with E-state index in [0.717, 1.165) is 5.92 Å². The van der Waals surface area contributed by atoms with Crippen LogP contribution in [-0.4, -0.2) is 24.6 Å². The molecule has 0 bridgehead atoms. The minimum absolute atomic E-state index is 0.644. The van der Waals surface area contributed by atoms with Crippen molar-refractivity contribution in [3.63, 3.8) is 0 Å². The molecular formula is C14H29NS. The molecule has 0 saturated heterocycles. The Morgan fingerprint density at radius 1 is 1.25 bits per heavy atom. The van der Waals surface area contributed by atoms with Crippen molar-refractivity contribution in [1.29, 1.82) is 0 Å². The van der Waals surface area contributed by atoms with Crippen LogP contribution in [0.25, 0.3) is 0 Å². The fraction of sp³-hybridized carbons (Fsp3) is 1.00. The van der Waals surface area contributed by atoms with Crippen LogP contribution in [0.3, 0.4) is 0 Å². The summed E-state index contributed by atoms with van der Waals surface area (Å²) < 4.78 is 0. The van der Waals surface area contributed by atoms with Gasteiger partial charge in [-0.3, -0.25) is 0 Å². The second kappa shape index (κ2) is 7.60. The van der Waals surface area contributed by atoms with Gasteiger partial charge in [0, 0.05) is 18.8 Å². The quantitative estimate of drug-likeness (QED) is 0.648. The molecule has 96 valence electrons. The summed E-state index contributed by atoms with van der Waals surface area (Å²) in [6.07, 6.45) is 7.25. The predicted octanol–water partition coefficient (Wildman–Crippen LogP) is 3.94. The third-order valence-electron chi connectivity index (χ3n) is 3.63. The summed E-state index contributed by atoms with van der Waals surface area (Å²) >= 11 is 2.04. The minimum Gasteiger partial charge on any atom is -0.315 e. The van der Waals surface area contributed by atoms with Crippen LogP contribution in [0.4, 0.5) is 0 Å². The first-order chi connectivity index (χ1) is 7.68. The molecule has 1 aliphatic carbocycles. The normalized spacial score (nSPS) is 19.5. The highest BCUT2D eigenvalue weighted by molar-refractivity contribution is 7.99. The Bertz CT molecular complexity index is 174. The maximum absolute atomic E-state index is 3.69. The van der Waals surface area contributed by atoms with Gasteiger partial charge in [0.15, 0.2) is 0 Å². The van der Waals surface area contributed by atoms with Gasteiger partial charge in [-0.2, -0.15) is 11.8 Å². The van der Waals surface area contributed by atoms with E-state index in [2.05, 4.69) is 26.1 Å². The zero-order valence-corrected chi connectivity index (χ0v) is 12.2. The first-order valence-corrected chi connectivity index (χ1v) is 8.12. The topological polar surface area (TPSA) is 12.0 Å². The van der Waals surface area contributed by atoms with Crippen LogP contribution in [-0.2, 0) is 0 Å². The Morgan fingerprint density at radius 3 is 2.50 bits per heavy atom. The van der Waals surface area contributed by atoms with Crippen LogP contribution in [0.5, 0.6) is 0 Å². The van der Waals surface area contributed by atoms with E-state index in [1.165, 1.54) is 56.7 Å². The third kappa shape index (κ3) is 5.09. The fourth-order valence-corrected chi connectivity index (χ4v) is 3.66. The lowest BCUT2D eigenvalue weighted by Gasteiger charge is -2.31. The molecule has 1 rings (SSSR count). The molecule has 1 N–H and O–H groups in total. The molecule has 0 aromatic heterocycles. The summed E-state index contributed by atoms with van der Waals surface area (Å²) in [4.78, 5) is 0. The van der Waals surface area contributed by atoms with Gasteiger partial charge in [0.05, 0.1) is 0 Å². The molecule has 0 radical (unpaired) electrons. The largest absolute Gasteiger partial charge is 0.315 e. The molecule has 0 spiro atoms. The van der Waals surface area contributed by atoms with E-state index in [9.17, 15) is 0 Å². The highest BCUT2D eigenvalue weighted by Gasteiger charge is 2.33. The lowest BCUT2D eigenvalue weighted by molar-refractivity contribution is 0.226. The molecule has 0 aromatic carbocycles. The monoisotopic (exact) mass is 243 g/mol. The van der Waals surface area contributed by atoms with Gasteiger partial charge in [0.2, 0.25) is 0 Å². The Hall–Kier alpha value is 0.310. The zero-order valence-electron chi connectivity index (χ0n) is 11.3. The van der Waals surface area contributed by atoms with Gasteiger partial charge in [0.1, 0.15) is 0 Å². The van der Waals surface area contributed by atoms with Crippen molar-refractivity contribution in [1.82, 2.24) is 5.32 Å². The van der Waals surface area contributed by atoms with Gasteiger partial charge in [-0.25, -0.2) is 0 Å². The maximum atomic E-state index is 3.69. The minimum atomic E-state index is 0.644. The number of thioether (sulfide) groups is 1. The van der Waals surface area contributed by atoms with Crippen LogP contribution < -0.4 is 5.32 Å². The molecule has 0 amide bonds. The van der Waals surface area contributed by atoms with E-state index in [4.69, 9.17) is 0 Å². The number of rotatable bonds is 8. The highest BCUT2D eigenvalue weighted by atomic mass is 32.2. The van der Waals surface area contributed by atoms with Crippen LogP contribution in [0.1, 0.15) is 52.9 Å². The average Bonchev–Trinajstić information content (AvgIpc) is 2.65. The molecule has 2 heteroatoms. The summed E-state index contributed by atoms with van der Waals surface area (Å²) in [7, 11) is 0. The summed E-state index contributed by atoms with van der Waals surface area (Å²) in [5.74, 6) is 3.37. The van der Waals surface area contributed by atoms with E-state index < -0.39 is 0 Å². The van der Waals surface area contributed by atoms with E-state index in [-0.39, 0.29) is 0 Å². The molecule has 0 atom stereocenters. The van der Waals surface area contributed by atoms with Gasteiger partial charge in [-0.1, -0.05) is 33.6 Å². The van der Waals surface area contributed by atoms with E-state index >= 15 is 0 Å². The van der Waals surface area contributed by atoms with E-state index in [0.29, 0.717) is 5.41 Å². The summed E-state index contributed by atoms with van der Waals surface area (Å²) in [5, 5.41) is 3.69. The van der Waals surface area contributed by atoms with Crippen molar-refractivity contribution in [3.05, 3.63) is 0 Å². The van der Waals surface area contributed by atoms with Crippen molar-refractivity contribution in [2.45, 2.75) is 52.9 Å². The third-order valence-corrected chi connectivity index (χ3v) is 4.53. The zero-order chi connectivity index (χ0) is 11.9. The molecule has 1 saturated carbocycles. The van der Waals surface area contributed by atoms with E-state index in [1.807, 2.05) is 11.8 Å². The Morgan fingerprint density at radius 2 is 1.94 bits per heavy atom. The van der Waals surface area contributed by atoms with Gasteiger partial charge < -0.3 is 5.32 Å². The van der Waals surface area contributed by atoms with Crippen molar-refractivity contribution in [2.75, 3.05) is 24.6 Å². The van der Waals surface area contributed by atoms with E-state index in [1.54, 1.807) is 0 Å². The van der Waals surface area contributed by atoms with Gasteiger partial charge in [-0.15, -0.1) is 0 Å². The smallest absolute Gasteiger partial charge is 0.00580 e. The summed E-state index contributed by atoms with van der Waals surface area (Å²) in [6.45, 7) is 9.43. The second-order valence-corrected chi connectivity index (χ2v) is 7.07. The summed E-state index contributed by atoms with van der Waals surface area (Å²) in [5.41, 5.74) is 0.644. The molecule has 1 fully saturated rings. The Labute approximate surface area is 106 Å². The molecule has 16 heavy (non-hydrogen) atoms. The van der Waals surface area contributed by atoms with Crippen LogP contribution in [0, 0.1) is 11.3 Å². The van der Waals surface area contributed by atoms with Crippen LogP contribution in [0.2, 0.25) is 0 Å². The van der Waals surface area contributed by atoms with Gasteiger partial charge >= 0.3 is 0 Å². The Kier molecular flexibility index (Phi) is 6.83. The molecule has 0 aromatic rings. The van der Waals surface area contributed by atoms with Crippen molar-refractivity contribution >= 4 is 11.8 Å². The highest BCUT2D eigenvalue weighted by Crippen LogP contribution is 2.42. The molecule has 1 aliphatic rings. The van der Waals surface area contributed by atoms with Crippen LogP contribution in [0.15, 0.2) is 0 Å². The molecule has 0 heterocycles. The predicted molar refractivity (Wildman–Crippen MR) is 76.2 cm³/mol. The SMILES string of the molecule is CCSCCNCC1(CC(C)C)CCCC1. The average molecular weight is 243 g/mol. The second-order valence-electron chi connectivity index (χ2n) is 5.68. The van der Waals surface area contributed by atoms with Gasteiger partial charge in [0.25, 0.3) is 0 Å².